The van der Waals surface area contributed by atoms with Crippen LogP contribution in [0, 0.1) is 10.8 Å². The van der Waals surface area contributed by atoms with Crippen LogP contribution in [0.2, 0.25) is 0 Å². The molecule has 0 radical (unpaired) electrons. The highest BCUT2D eigenvalue weighted by atomic mass is 16.7. The Bertz CT molecular complexity index is 498. The third kappa shape index (κ3) is 5.16. The fourth-order valence-corrected chi connectivity index (χ4v) is 3.36. The van der Waals surface area contributed by atoms with Crippen molar-refractivity contribution in [2.75, 3.05) is 26.4 Å². The molecule has 0 aromatic heterocycles. The van der Waals surface area contributed by atoms with Gasteiger partial charge in [0.05, 0.1) is 18.6 Å². The molecule has 1 aliphatic carbocycles. The summed E-state index contributed by atoms with van der Waals surface area (Å²) in [5.74, 6) is -0.884. The zero-order valence-electron chi connectivity index (χ0n) is 15.0. The van der Waals surface area contributed by atoms with Crippen molar-refractivity contribution < 1.29 is 28.5 Å². The lowest BCUT2D eigenvalue weighted by Gasteiger charge is -2.47. The van der Waals surface area contributed by atoms with E-state index in [1.54, 1.807) is 0 Å². The van der Waals surface area contributed by atoms with Crippen molar-refractivity contribution in [3.8, 4) is 0 Å². The molecular formula is C19H28O6. The maximum absolute atomic E-state index is 11.5. The van der Waals surface area contributed by atoms with Gasteiger partial charge in [-0.2, -0.15) is 0 Å². The number of rotatable bonds is 7. The van der Waals surface area contributed by atoms with Gasteiger partial charge in [0.25, 0.3) is 0 Å². The van der Waals surface area contributed by atoms with Gasteiger partial charge in [-0.3, -0.25) is 0 Å². The van der Waals surface area contributed by atoms with Gasteiger partial charge in [0.15, 0.2) is 6.29 Å². The van der Waals surface area contributed by atoms with Gasteiger partial charge in [0.1, 0.15) is 13.2 Å². The lowest BCUT2D eigenvalue weighted by atomic mass is 9.73. The molecule has 0 amide bonds. The topological polar surface area (TPSA) is 71.1 Å². The molecule has 0 spiro atoms. The standard InChI is InChI=1S/C19H28O6/c1-4-15(20)22-11-18(3)12-24-17(25-13-18)19(9-7-6-8-10-19)14-23-16(21)5-2/h4-5,17H,1-2,6-14H2,3H3. The molecule has 0 atom stereocenters. The number of esters is 2. The van der Waals surface area contributed by atoms with Gasteiger partial charge in [-0.25, -0.2) is 9.59 Å². The van der Waals surface area contributed by atoms with E-state index in [4.69, 9.17) is 18.9 Å². The van der Waals surface area contributed by atoms with E-state index in [-0.39, 0.29) is 18.6 Å². The fraction of sp³-hybridized carbons (Fsp3) is 0.684. The first-order valence-electron chi connectivity index (χ1n) is 8.75. The van der Waals surface area contributed by atoms with Crippen molar-refractivity contribution in [3.63, 3.8) is 0 Å². The molecule has 2 rings (SSSR count). The summed E-state index contributed by atoms with van der Waals surface area (Å²) < 4.78 is 22.5. The Kier molecular flexibility index (Phi) is 6.79. The van der Waals surface area contributed by atoms with Crippen LogP contribution in [0.15, 0.2) is 25.3 Å². The maximum Gasteiger partial charge on any atom is 0.330 e. The SMILES string of the molecule is C=CC(=O)OCC1(C)COC(C2(COC(=O)C=C)CCCCC2)OC1. The molecule has 6 heteroatoms. The van der Waals surface area contributed by atoms with E-state index in [1.165, 1.54) is 12.5 Å². The van der Waals surface area contributed by atoms with Gasteiger partial charge in [-0.05, 0) is 12.8 Å². The van der Waals surface area contributed by atoms with Crippen LogP contribution in [0.4, 0.5) is 0 Å². The second kappa shape index (κ2) is 8.63. The van der Waals surface area contributed by atoms with Crippen LogP contribution in [0.3, 0.4) is 0 Å². The van der Waals surface area contributed by atoms with E-state index in [2.05, 4.69) is 13.2 Å². The number of carbonyl (C=O) groups is 2. The zero-order valence-corrected chi connectivity index (χ0v) is 15.0. The average Bonchev–Trinajstić information content (AvgIpc) is 2.65. The van der Waals surface area contributed by atoms with E-state index in [9.17, 15) is 9.59 Å². The van der Waals surface area contributed by atoms with Crippen molar-refractivity contribution in [2.24, 2.45) is 10.8 Å². The summed E-state index contributed by atoms with van der Waals surface area (Å²) in [5, 5.41) is 0. The predicted octanol–water partition coefficient (Wildman–Crippen LogP) is 2.77. The molecule has 1 saturated carbocycles. The van der Waals surface area contributed by atoms with Crippen molar-refractivity contribution in [1.29, 1.82) is 0 Å². The Morgan fingerprint density at radius 3 is 2.04 bits per heavy atom. The average molecular weight is 352 g/mol. The molecule has 1 heterocycles. The lowest BCUT2D eigenvalue weighted by molar-refractivity contribution is -0.288. The predicted molar refractivity (Wildman–Crippen MR) is 91.6 cm³/mol. The Morgan fingerprint density at radius 1 is 1.00 bits per heavy atom. The first kappa shape index (κ1) is 19.7. The van der Waals surface area contributed by atoms with Gasteiger partial charge in [0, 0.05) is 17.6 Å². The van der Waals surface area contributed by atoms with Crippen LogP contribution in [-0.2, 0) is 28.5 Å². The summed E-state index contributed by atoms with van der Waals surface area (Å²) in [4.78, 5) is 22.7. The van der Waals surface area contributed by atoms with Gasteiger partial charge < -0.3 is 18.9 Å². The minimum atomic E-state index is -0.455. The second-order valence-electron chi connectivity index (χ2n) is 7.31. The van der Waals surface area contributed by atoms with Gasteiger partial charge in [-0.15, -0.1) is 0 Å². The summed E-state index contributed by atoms with van der Waals surface area (Å²) in [6.45, 7) is 10.1. The monoisotopic (exact) mass is 352 g/mol. The number of hydrogen-bond acceptors (Lipinski definition) is 6. The van der Waals surface area contributed by atoms with E-state index < -0.39 is 23.6 Å². The molecule has 0 aromatic rings. The van der Waals surface area contributed by atoms with Crippen molar-refractivity contribution in [2.45, 2.75) is 45.3 Å². The second-order valence-corrected chi connectivity index (χ2v) is 7.31. The molecule has 0 N–H and O–H groups in total. The van der Waals surface area contributed by atoms with E-state index in [0.29, 0.717) is 13.2 Å². The molecule has 2 aliphatic rings. The minimum absolute atomic E-state index is 0.211. The van der Waals surface area contributed by atoms with Crippen molar-refractivity contribution in [3.05, 3.63) is 25.3 Å². The normalized spacial score (nSPS) is 28.6. The number of carbonyl (C=O) groups excluding carboxylic acids is 2. The maximum atomic E-state index is 11.5. The summed E-state index contributed by atoms with van der Waals surface area (Å²) in [6, 6.07) is 0. The van der Waals surface area contributed by atoms with E-state index in [0.717, 1.165) is 31.8 Å². The molecule has 2 fully saturated rings. The highest BCUT2D eigenvalue weighted by Gasteiger charge is 2.47. The fourth-order valence-electron chi connectivity index (χ4n) is 3.36. The number of hydrogen-bond donors (Lipinski definition) is 0. The molecule has 0 bridgehead atoms. The molecule has 1 aliphatic heterocycles. The van der Waals surface area contributed by atoms with Crippen molar-refractivity contribution in [1.82, 2.24) is 0 Å². The molecule has 25 heavy (non-hydrogen) atoms. The van der Waals surface area contributed by atoms with Crippen LogP contribution in [0.5, 0.6) is 0 Å². The third-order valence-electron chi connectivity index (χ3n) is 4.91. The largest absolute Gasteiger partial charge is 0.462 e. The Hall–Kier alpha value is -1.66. The quantitative estimate of drug-likeness (QED) is 0.518. The smallest absolute Gasteiger partial charge is 0.330 e. The van der Waals surface area contributed by atoms with Crippen LogP contribution in [0.1, 0.15) is 39.0 Å². The minimum Gasteiger partial charge on any atom is -0.462 e. The number of ether oxygens (including phenoxy) is 4. The Balaban J connectivity index is 1.96. The van der Waals surface area contributed by atoms with Crippen LogP contribution in [0.25, 0.3) is 0 Å². The Labute approximate surface area is 149 Å². The van der Waals surface area contributed by atoms with Gasteiger partial charge in [0.2, 0.25) is 0 Å². The third-order valence-corrected chi connectivity index (χ3v) is 4.91. The first-order valence-corrected chi connectivity index (χ1v) is 8.75. The summed E-state index contributed by atoms with van der Waals surface area (Å²) in [7, 11) is 0. The van der Waals surface area contributed by atoms with E-state index in [1.807, 2.05) is 6.92 Å². The summed E-state index contributed by atoms with van der Waals surface area (Å²) in [5.41, 5.74) is -0.723. The van der Waals surface area contributed by atoms with E-state index >= 15 is 0 Å². The zero-order chi connectivity index (χ0) is 18.3. The summed E-state index contributed by atoms with van der Waals surface area (Å²) in [6.07, 6.45) is 6.96. The molecule has 6 nitrogen and oxygen atoms in total. The molecular weight excluding hydrogens is 324 g/mol. The van der Waals surface area contributed by atoms with Crippen LogP contribution >= 0.6 is 0 Å². The molecule has 1 saturated heterocycles. The molecule has 140 valence electrons. The van der Waals surface area contributed by atoms with Crippen LogP contribution in [-0.4, -0.2) is 44.7 Å². The van der Waals surface area contributed by atoms with Gasteiger partial charge >= 0.3 is 11.9 Å². The van der Waals surface area contributed by atoms with Gasteiger partial charge in [-0.1, -0.05) is 39.3 Å². The lowest BCUT2D eigenvalue weighted by Crippen LogP contribution is -2.52. The highest BCUT2D eigenvalue weighted by Crippen LogP contribution is 2.44. The molecule has 0 unspecified atom stereocenters. The molecule has 0 aromatic carbocycles. The highest BCUT2D eigenvalue weighted by molar-refractivity contribution is 5.81. The Morgan fingerprint density at radius 2 is 1.52 bits per heavy atom. The first-order chi connectivity index (χ1) is 11.9. The van der Waals surface area contributed by atoms with Crippen molar-refractivity contribution >= 4 is 11.9 Å². The van der Waals surface area contributed by atoms with Crippen LogP contribution < -0.4 is 0 Å². The summed E-state index contributed by atoms with van der Waals surface area (Å²) >= 11 is 0.